The maximum Gasteiger partial charge on any atom is 0.394 e. The highest BCUT2D eigenvalue weighted by Gasteiger charge is 2.12. The van der Waals surface area contributed by atoms with Crippen molar-refractivity contribution in [3.63, 3.8) is 0 Å². The average Bonchev–Trinajstić information content (AvgIpc) is 2.86. The fraction of sp³-hybridized carbons (Fsp3) is 0.600. The van der Waals surface area contributed by atoms with Crippen molar-refractivity contribution < 1.29 is 17.5 Å². The van der Waals surface area contributed by atoms with Crippen molar-refractivity contribution in [1.29, 1.82) is 0 Å². The number of aromatic nitrogens is 4. The number of H-pyrrole nitrogens is 1. The van der Waals surface area contributed by atoms with Crippen LogP contribution in [0.3, 0.4) is 0 Å². The molecule has 11 heteroatoms. The SMILES string of the molecule is Cc1[nH]n2c(CCCCCN)nnc2c1Cl.O=S(=O)(O)O. The number of aryl methyl sites for hydroxylation is 2. The molecule has 0 saturated carbocycles. The Morgan fingerprint density at radius 2 is 1.90 bits per heavy atom. The maximum atomic E-state index is 8.74. The molecule has 0 aliphatic carbocycles. The van der Waals surface area contributed by atoms with Gasteiger partial charge in [-0.15, -0.1) is 10.2 Å². The summed E-state index contributed by atoms with van der Waals surface area (Å²) in [6.45, 7) is 2.68. The fourth-order valence-corrected chi connectivity index (χ4v) is 1.89. The number of halogens is 1. The van der Waals surface area contributed by atoms with Gasteiger partial charge in [0, 0.05) is 6.42 Å². The molecule has 0 atom stereocenters. The first-order chi connectivity index (χ1) is 9.74. The van der Waals surface area contributed by atoms with Crippen LogP contribution in [0.1, 0.15) is 30.8 Å². The smallest absolute Gasteiger partial charge is 0.330 e. The van der Waals surface area contributed by atoms with Crippen LogP contribution in [0.2, 0.25) is 5.02 Å². The van der Waals surface area contributed by atoms with Gasteiger partial charge in [-0.1, -0.05) is 18.0 Å². The molecule has 2 rings (SSSR count). The number of fused-ring (bicyclic) bond motifs is 1. The fourth-order valence-electron chi connectivity index (χ4n) is 1.73. The first-order valence-electron chi connectivity index (χ1n) is 6.22. The van der Waals surface area contributed by atoms with Gasteiger partial charge >= 0.3 is 10.4 Å². The predicted molar refractivity (Wildman–Crippen MR) is 77.9 cm³/mol. The maximum absolute atomic E-state index is 8.74. The number of unbranched alkanes of at least 4 members (excludes halogenated alkanes) is 2. The first kappa shape index (κ1) is 17.9. The van der Waals surface area contributed by atoms with E-state index in [2.05, 4.69) is 15.3 Å². The second-order valence-corrected chi connectivity index (χ2v) is 5.65. The van der Waals surface area contributed by atoms with Crippen molar-refractivity contribution in [3.8, 4) is 0 Å². The van der Waals surface area contributed by atoms with E-state index >= 15 is 0 Å². The standard InChI is InChI=1S/C10H16ClN5.H2O4S/c1-7-9(11)10-14-13-8(16(10)15-7)5-3-2-4-6-12;1-5(2,3)4/h15H,2-6,12H2,1H3;(H2,1,2,3,4). The molecule has 9 nitrogen and oxygen atoms in total. The van der Waals surface area contributed by atoms with Gasteiger partial charge in [0.2, 0.25) is 0 Å². The van der Waals surface area contributed by atoms with Gasteiger partial charge in [0.25, 0.3) is 0 Å². The third kappa shape index (κ3) is 5.98. The van der Waals surface area contributed by atoms with E-state index in [0.29, 0.717) is 10.7 Å². The monoisotopic (exact) mass is 339 g/mol. The summed E-state index contributed by atoms with van der Waals surface area (Å²) in [7, 11) is -4.67. The van der Waals surface area contributed by atoms with Crippen LogP contribution in [0.5, 0.6) is 0 Å². The lowest BCUT2D eigenvalue weighted by Crippen LogP contribution is -2.00. The molecule has 2 heterocycles. The Morgan fingerprint density at radius 1 is 1.29 bits per heavy atom. The molecule has 2 aromatic rings. The molecule has 21 heavy (non-hydrogen) atoms. The summed E-state index contributed by atoms with van der Waals surface area (Å²) in [5.41, 5.74) is 7.09. The molecule has 0 unspecified atom stereocenters. The van der Waals surface area contributed by atoms with Gasteiger partial charge < -0.3 is 5.73 Å². The summed E-state index contributed by atoms with van der Waals surface area (Å²) < 4.78 is 33.4. The Balaban J connectivity index is 0.000000383. The van der Waals surface area contributed by atoms with Crippen LogP contribution in [0.4, 0.5) is 0 Å². The van der Waals surface area contributed by atoms with E-state index in [-0.39, 0.29) is 0 Å². The predicted octanol–water partition coefficient (Wildman–Crippen LogP) is 1.04. The number of nitrogens with zero attached hydrogens (tertiary/aromatic N) is 3. The molecule has 0 fully saturated rings. The largest absolute Gasteiger partial charge is 0.394 e. The normalized spacial score (nSPS) is 11.5. The van der Waals surface area contributed by atoms with Crippen molar-refractivity contribution in [2.45, 2.75) is 32.6 Å². The Morgan fingerprint density at radius 3 is 2.48 bits per heavy atom. The van der Waals surface area contributed by atoms with Gasteiger partial charge in [0.1, 0.15) is 5.02 Å². The van der Waals surface area contributed by atoms with Crippen LogP contribution >= 0.6 is 11.6 Å². The van der Waals surface area contributed by atoms with Gasteiger partial charge in [-0.3, -0.25) is 14.2 Å². The molecular formula is C10H18ClN5O4S. The third-order valence-electron chi connectivity index (χ3n) is 2.64. The molecule has 0 spiro atoms. The highest BCUT2D eigenvalue weighted by atomic mass is 35.5. The number of hydrogen-bond acceptors (Lipinski definition) is 5. The van der Waals surface area contributed by atoms with Gasteiger partial charge in [0.05, 0.1) is 5.69 Å². The van der Waals surface area contributed by atoms with E-state index in [1.807, 2.05) is 11.4 Å². The van der Waals surface area contributed by atoms with E-state index < -0.39 is 10.4 Å². The van der Waals surface area contributed by atoms with E-state index in [1.165, 1.54) is 0 Å². The van der Waals surface area contributed by atoms with Crippen LogP contribution in [0.25, 0.3) is 5.65 Å². The van der Waals surface area contributed by atoms with Crippen molar-refractivity contribution in [1.82, 2.24) is 19.8 Å². The van der Waals surface area contributed by atoms with E-state index in [4.69, 9.17) is 34.9 Å². The van der Waals surface area contributed by atoms with E-state index in [9.17, 15) is 0 Å². The zero-order chi connectivity index (χ0) is 16.0. The number of hydrogen-bond donors (Lipinski definition) is 4. The summed E-state index contributed by atoms with van der Waals surface area (Å²) in [6.07, 6.45) is 4.16. The minimum atomic E-state index is -4.67. The molecule has 120 valence electrons. The molecule has 0 saturated heterocycles. The van der Waals surface area contributed by atoms with Crippen LogP contribution in [-0.4, -0.2) is 43.9 Å². The topological polar surface area (TPSA) is 147 Å². The molecule has 0 aromatic carbocycles. The summed E-state index contributed by atoms with van der Waals surface area (Å²) in [5, 5.41) is 12.0. The highest BCUT2D eigenvalue weighted by molar-refractivity contribution is 7.79. The number of aromatic amines is 1. The van der Waals surface area contributed by atoms with Crippen LogP contribution in [-0.2, 0) is 16.8 Å². The zero-order valence-corrected chi connectivity index (χ0v) is 13.0. The van der Waals surface area contributed by atoms with Crippen molar-refractivity contribution in [2.75, 3.05) is 6.54 Å². The number of nitrogens with two attached hydrogens (primary N) is 1. The summed E-state index contributed by atoms with van der Waals surface area (Å²) in [5.74, 6) is 0.932. The minimum Gasteiger partial charge on any atom is -0.330 e. The van der Waals surface area contributed by atoms with Crippen LogP contribution in [0.15, 0.2) is 0 Å². The zero-order valence-electron chi connectivity index (χ0n) is 11.5. The first-order valence-corrected chi connectivity index (χ1v) is 7.99. The van der Waals surface area contributed by atoms with Crippen LogP contribution < -0.4 is 5.73 Å². The Labute approximate surface area is 127 Å². The highest BCUT2D eigenvalue weighted by Crippen LogP contribution is 2.20. The molecule has 0 radical (unpaired) electrons. The second-order valence-electron chi connectivity index (χ2n) is 4.37. The lowest BCUT2D eigenvalue weighted by Gasteiger charge is -1.97. The molecule has 0 bridgehead atoms. The van der Waals surface area contributed by atoms with Crippen LogP contribution in [0, 0.1) is 6.92 Å². The lowest BCUT2D eigenvalue weighted by molar-refractivity contribution is 0.381. The van der Waals surface area contributed by atoms with E-state index in [0.717, 1.165) is 43.7 Å². The molecular weight excluding hydrogens is 322 g/mol. The van der Waals surface area contributed by atoms with Gasteiger partial charge in [-0.05, 0) is 26.3 Å². The molecule has 2 aromatic heterocycles. The van der Waals surface area contributed by atoms with Crippen molar-refractivity contribution in [3.05, 3.63) is 16.5 Å². The summed E-state index contributed by atoms with van der Waals surface area (Å²) in [4.78, 5) is 0. The summed E-state index contributed by atoms with van der Waals surface area (Å²) >= 11 is 6.07. The Hall–Kier alpha value is -1.20. The number of rotatable bonds is 5. The van der Waals surface area contributed by atoms with Crippen molar-refractivity contribution in [2.24, 2.45) is 5.73 Å². The quantitative estimate of drug-likeness (QED) is 0.470. The molecule has 0 amide bonds. The van der Waals surface area contributed by atoms with Gasteiger partial charge in [0.15, 0.2) is 11.5 Å². The third-order valence-corrected chi connectivity index (χ3v) is 3.09. The van der Waals surface area contributed by atoms with E-state index in [1.54, 1.807) is 0 Å². The second kappa shape index (κ2) is 7.71. The Kier molecular flexibility index (Phi) is 6.55. The molecule has 0 aliphatic heterocycles. The van der Waals surface area contributed by atoms with Gasteiger partial charge in [-0.2, -0.15) is 8.42 Å². The molecule has 5 N–H and O–H groups in total. The minimum absolute atomic E-state index is 0.653. The molecule has 0 aliphatic rings. The summed E-state index contributed by atoms with van der Waals surface area (Å²) in [6, 6.07) is 0. The average molecular weight is 340 g/mol. The lowest BCUT2D eigenvalue weighted by atomic mass is 10.2. The number of nitrogens with one attached hydrogen (secondary N) is 1. The van der Waals surface area contributed by atoms with Gasteiger partial charge in [-0.25, -0.2) is 4.52 Å². The Bertz CT molecular complexity index is 673. The van der Waals surface area contributed by atoms with Crippen molar-refractivity contribution >= 4 is 27.6 Å².